The van der Waals surface area contributed by atoms with E-state index >= 15 is 0 Å². The largest absolute Gasteiger partial charge is 0.462 e. The molecule has 1 N–H and O–H groups in total. The van der Waals surface area contributed by atoms with Crippen LogP contribution < -0.4 is 5.32 Å². The second-order valence-corrected chi connectivity index (χ2v) is 11.6. The number of halogens is 1. The van der Waals surface area contributed by atoms with Crippen LogP contribution in [0.4, 0.5) is 5.00 Å². The maximum absolute atomic E-state index is 12.9. The van der Waals surface area contributed by atoms with Gasteiger partial charge in [0, 0.05) is 27.4 Å². The minimum Gasteiger partial charge on any atom is -0.462 e. The van der Waals surface area contributed by atoms with E-state index in [0.29, 0.717) is 38.6 Å². The number of nitrogens with zero attached hydrogens (tertiary/aromatic N) is 3. The molecule has 2 heterocycles. The molecule has 0 radical (unpaired) electrons. The van der Waals surface area contributed by atoms with Gasteiger partial charge in [-0.2, -0.15) is 0 Å². The molecule has 39 heavy (non-hydrogen) atoms. The van der Waals surface area contributed by atoms with Crippen LogP contribution in [0.15, 0.2) is 76.6 Å². The second kappa shape index (κ2) is 13.8. The number of esters is 1. The minimum atomic E-state index is -0.493. The number of hydrogen-bond acceptors (Lipinski definition) is 8. The van der Waals surface area contributed by atoms with Gasteiger partial charge in [-0.1, -0.05) is 59.3 Å². The summed E-state index contributed by atoms with van der Waals surface area (Å²) in [6, 6.07) is 15.5. The molecule has 2 aromatic heterocycles. The number of nitrogens with one attached hydrogen (secondary N) is 1. The number of rotatable bonds is 12. The number of anilines is 1. The Morgan fingerprint density at radius 1 is 1.13 bits per heavy atom. The highest BCUT2D eigenvalue weighted by Crippen LogP contribution is 2.37. The molecule has 0 bridgehead atoms. The molecule has 0 spiro atoms. The number of aromatic nitrogens is 3. The number of carbonyl (C=O) groups is 2. The quantitative estimate of drug-likeness (QED) is 0.104. The van der Waals surface area contributed by atoms with Gasteiger partial charge in [0.2, 0.25) is 5.91 Å². The molecule has 4 rings (SSSR count). The smallest absolute Gasteiger partial charge is 0.341 e. The molecular weight excluding hydrogens is 572 g/mol. The zero-order valence-corrected chi connectivity index (χ0v) is 24.7. The van der Waals surface area contributed by atoms with Crippen molar-refractivity contribution in [1.82, 2.24) is 14.8 Å². The molecule has 7 nitrogen and oxygen atoms in total. The lowest BCUT2D eigenvalue weighted by molar-refractivity contribution is -0.113. The fraction of sp³-hybridized carbons (Fsp3) is 0.214. The number of hydrogen-bond donors (Lipinski definition) is 1. The summed E-state index contributed by atoms with van der Waals surface area (Å²) in [6.07, 6.45) is 1.78. The molecule has 4 aromatic rings. The molecule has 202 valence electrons. The van der Waals surface area contributed by atoms with E-state index in [9.17, 15) is 9.59 Å². The summed E-state index contributed by atoms with van der Waals surface area (Å²) in [6.45, 7) is 8.41. The Bertz CT molecular complexity index is 1450. The first-order valence-corrected chi connectivity index (χ1v) is 15.3. The fourth-order valence-corrected chi connectivity index (χ4v) is 6.32. The summed E-state index contributed by atoms with van der Waals surface area (Å²) in [5, 5.41) is 15.0. The van der Waals surface area contributed by atoms with Crippen molar-refractivity contribution in [3.05, 3.63) is 88.5 Å². The maximum Gasteiger partial charge on any atom is 0.341 e. The lowest BCUT2D eigenvalue weighted by Gasteiger charge is -2.10. The first kappa shape index (κ1) is 28.9. The van der Waals surface area contributed by atoms with E-state index in [4.69, 9.17) is 16.3 Å². The third kappa shape index (κ3) is 7.54. The van der Waals surface area contributed by atoms with Gasteiger partial charge in [0.05, 0.1) is 18.1 Å². The average Bonchev–Trinajstić information content (AvgIpc) is 3.52. The summed E-state index contributed by atoms with van der Waals surface area (Å²) in [5.41, 5.74) is 3.03. The van der Waals surface area contributed by atoms with Gasteiger partial charge in [0.1, 0.15) is 16.4 Å². The topological polar surface area (TPSA) is 86.1 Å². The normalized spacial score (nSPS) is 10.8. The molecule has 11 heteroatoms. The average molecular weight is 599 g/mol. The van der Waals surface area contributed by atoms with Crippen molar-refractivity contribution in [1.29, 1.82) is 0 Å². The second-order valence-electron chi connectivity index (χ2n) is 8.32. The van der Waals surface area contributed by atoms with Crippen molar-refractivity contribution < 1.29 is 14.3 Å². The van der Waals surface area contributed by atoms with Crippen LogP contribution in [0.25, 0.3) is 11.1 Å². The summed E-state index contributed by atoms with van der Waals surface area (Å²) in [4.78, 5) is 26.9. The van der Waals surface area contributed by atoms with E-state index in [-0.39, 0.29) is 18.3 Å². The number of thiophene rings is 1. The molecule has 2 aromatic carbocycles. The van der Waals surface area contributed by atoms with Crippen LogP contribution >= 0.6 is 46.5 Å². The van der Waals surface area contributed by atoms with Crippen molar-refractivity contribution >= 4 is 63.3 Å². The van der Waals surface area contributed by atoms with E-state index < -0.39 is 5.97 Å². The van der Waals surface area contributed by atoms with Crippen LogP contribution in [0.1, 0.15) is 28.7 Å². The molecule has 1 amide bonds. The zero-order chi connectivity index (χ0) is 27.8. The Morgan fingerprint density at radius 3 is 2.56 bits per heavy atom. The van der Waals surface area contributed by atoms with Crippen LogP contribution in [0, 0.1) is 6.92 Å². The van der Waals surface area contributed by atoms with E-state index in [1.165, 1.54) is 28.7 Å². The molecule has 0 saturated carbocycles. The summed E-state index contributed by atoms with van der Waals surface area (Å²) < 4.78 is 7.24. The van der Waals surface area contributed by atoms with E-state index in [0.717, 1.165) is 16.3 Å². The maximum atomic E-state index is 12.9. The van der Waals surface area contributed by atoms with Gasteiger partial charge in [-0.25, -0.2) is 4.79 Å². The van der Waals surface area contributed by atoms with Gasteiger partial charge >= 0.3 is 5.97 Å². The summed E-state index contributed by atoms with van der Waals surface area (Å²) >= 11 is 10.3. The molecule has 0 aliphatic rings. The number of aryl methyl sites for hydroxylation is 1. The fourth-order valence-electron chi connectivity index (χ4n) is 3.62. The Kier molecular flexibility index (Phi) is 10.3. The van der Waals surface area contributed by atoms with Gasteiger partial charge in [-0.3, -0.25) is 4.79 Å². The highest BCUT2D eigenvalue weighted by atomic mass is 35.5. The molecule has 0 saturated heterocycles. The van der Waals surface area contributed by atoms with Crippen molar-refractivity contribution in [2.24, 2.45) is 0 Å². The standard InChI is InChI=1S/C28H27ClN4O3S3/c1-4-14-33-23(16-37-21-12-6-18(3)7-13-21)31-32-28(33)39-17-24(34)30-26-25(27(35)36-5-2)22(15-38-26)19-8-10-20(29)11-9-19/h4,6-13,15H,1,5,14,16-17H2,2-3H3,(H,30,34). The van der Waals surface area contributed by atoms with Crippen LogP contribution in [0.3, 0.4) is 0 Å². The molecule has 0 unspecified atom stereocenters. The zero-order valence-electron chi connectivity index (χ0n) is 21.5. The van der Waals surface area contributed by atoms with Crippen molar-refractivity contribution in [2.45, 2.75) is 36.2 Å². The number of carbonyl (C=O) groups excluding carboxylic acids is 2. The predicted octanol–water partition coefficient (Wildman–Crippen LogP) is 7.35. The van der Waals surface area contributed by atoms with Crippen LogP contribution in [-0.2, 0) is 21.8 Å². The molecule has 0 fully saturated rings. The number of amides is 1. The third-order valence-corrected chi connectivity index (χ3v) is 8.63. The van der Waals surface area contributed by atoms with E-state index in [2.05, 4.69) is 53.3 Å². The number of thioether (sulfide) groups is 2. The SMILES string of the molecule is C=CCn1c(CSc2ccc(C)cc2)nnc1SCC(=O)Nc1scc(-c2ccc(Cl)cc2)c1C(=O)OCC. The van der Waals surface area contributed by atoms with Crippen LogP contribution in [0.2, 0.25) is 5.02 Å². The van der Waals surface area contributed by atoms with Gasteiger partial charge < -0.3 is 14.6 Å². The third-order valence-electron chi connectivity index (χ3n) is 5.51. The van der Waals surface area contributed by atoms with E-state index in [1.807, 2.05) is 22.1 Å². The molecular formula is C28H27ClN4O3S3. The highest BCUT2D eigenvalue weighted by molar-refractivity contribution is 7.99. The summed E-state index contributed by atoms with van der Waals surface area (Å²) in [7, 11) is 0. The predicted molar refractivity (Wildman–Crippen MR) is 161 cm³/mol. The monoisotopic (exact) mass is 598 g/mol. The number of ether oxygens (including phenoxy) is 1. The van der Waals surface area contributed by atoms with Crippen molar-refractivity contribution in [3.63, 3.8) is 0 Å². The highest BCUT2D eigenvalue weighted by Gasteiger charge is 2.23. The molecule has 0 atom stereocenters. The van der Waals surface area contributed by atoms with Gasteiger partial charge in [0.15, 0.2) is 5.16 Å². The van der Waals surface area contributed by atoms with E-state index in [1.54, 1.807) is 36.9 Å². The Balaban J connectivity index is 1.45. The van der Waals surface area contributed by atoms with Gasteiger partial charge in [0.25, 0.3) is 0 Å². The Labute approximate surface area is 245 Å². The minimum absolute atomic E-state index is 0.0941. The number of benzene rings is 2. The van der Waals surface area contributed by atoms with Crippen LogP contribution in [-0.4, -0.2) is 39.0 Å². The summed E-state index contributed by atoms with van der Waals surface area (Å²) in [5.74, 6) is 0.782. The first-order chi connectivity index (χ1) is 18.9. The van der Waals surface area contributed by atoms with Gasteiger partial charge in [-0.15, -0.1) is 39.9 Å². The lowest BCUT2D eigenvalue weighted by Crippen LogP contribution is -2.17. The van der Waals surface area contributed by atoms with Crippen LogP contribution in [0.5, 0.6) is 0 Å². The first-order valence-electron chi connectivity index (χ1n) is 12.1. The molecule has 0 aliphatic heterocycles. The van der Waals surface area contributed by atoms with Gasteiger partial charge in [-0.05, 0) is 43.7 Å². The number of allylic oxidation sites excluding steroid dienone is 1. The van der Waals surface area contributed by atoms with Crippen molar-refractivity contribution in [2.75, 3.05) is 17.7 Å². The lowest BCUT2D eigenvalue weighted by atomic mass is 10.0. The Hall–Kier alpha value is -3.05. The molecule has 0 aliphatic carbocycles. The Morgan fingerprint density at radius 2 is 1.87 bits per heavy atom. The van der Waals surface area contributed by atoms with Crippen molar-refractivity contribution in [3.8, 4) is 11.1 Å².